The van der Waals surface area contributed by atoms with Crippen molar-refractivity contribution in [2.24, 2.45) is 0 Å². The summed E-state index contributed by atoms with van der Waals surface area (Å²) in [6.45, 7) is 11.2. The molecule has 0 N–H and O–H groups in total. The number of anilines is 2. The molecule has 0 aliphatic carbocycles. The van der Waals surface area contributed by atoms with Crippen LogP contribution in [0.4, 0.5) is 11.4 Å². The Labute approximate surface area is 433 Å². The summed E-state index contributed by atoms with van der Waals surface area (Å²) in [5, 5.41) is 8.96. The zero-order chi connectivity index (χ0) is 49.6. The van der Waals surface area contributed by atoms with Gasteiger partial charge in [0.05, 0.1) is 24.2 Å². The van der Waals surface area contributed by atoms with Gasteiger partial charge in [-0.25, -0.2) is 9.97 Å². The van der Waals surface area contributed by atoms with Crippen LogP contribution in [0.25, 0.3) is 42.0 Å². The highest BCUT2D eigenvalue weighted by atomic mass is 32.1. The summed E-state index contributed by atoms with van der Waals surface area (Å²) in [7, 11) is 0. The van der Waals surface area contributed by atoms with Gasteiger partial charge >= 0.3 is 11.9 Å². The first-order valence-corrected chi connectivity index (χ1v) is 27.2. The number of rotatable bonds is 24. The maximum absolute atomic E-state index is 12.4. The smallest absolute Gasteiger partial charge is 0.308 e. The van der Waals surface area contributed by atoms with Crippen molar-refractivity contribution in [1.29, 1.82) is 0 Å². The molecule has 2 fully saturated rings. The van der Waals surface area contributed by atoms with Gasteiger partial charge in [0.2, 0.25) is 25.3 Å². The number of ether oxygens (including phenoxy) is 6. The van der Waals surface area contributed by atoms with Gasteiger partial charge < -0.3 is 38.2 Å². The summed E-state index contributed by atoms with van der Waals surface area (Å²) < 4.78 is 36.7. The van der Waals surface area contributed by atoms with Crippen molar-refractivity contribution < 1.29 is 38.0 Å². The van der Waals surface area contributed by atoms with E-state index < -0.39 is 11.9 Å². The minimum absolute atomic E-state index is 0.0248. The molecule has 10 rings (SSSR count). The van der Waals surface area contributed by atoms with E-state index in [-0.39, 0.29) is 32.8 Å². The maximum atomic E-state index is 12.4. The van der Waals surface area contributed by atoms with E-state index in [2.05, 4.69) is 88.9 Å². The standard InChI is InChI=1S/C57H62N6O8S2/c64-56(70-40-68-54-20-16-42-14-18-44(38-48(42)58-54)66-34-3-1-24-60-26-30-62(31-27-60)50-8-5-10-52-46(50)22-36-72-52)12-7-13-57(65)71-41-69-55-21-17-43-15-19-45(39-49(43)59-55)67-35-4-2-25-61-28-32-63(33-29-61)51-9-6-11-53-47(51)23-37-73-53/h5-6,8-11,14-23,36-39H,1-4,7,12-13,24-35,40-41H2. The predicted molar refractivity (Wildman–Crippen MR) is 291 cm³/mol. The summed E-state index contributed by atoms with van der Waals surface area (Å²) in [5.74, 6) is 1.16. The van der Waals surface area contributed by atoms with E-state index in [0.29, 0.717) is 25.0 Å². The third-order valence-electron chi connectivity index (χ3n) is 13.5. The molecule has 2 aliphatic rings. The van der Waals surface area contributed by atoms with Crippen LogP contribution in [0.3, 0.4) is 0 Å². The second-order valence-corrected chi connectivity index (χ2v) is 20.3. The van der Waals surface area contributed by atoms with Crippen molar-refractivity contribution in [2.75, 3.05) is 102 Å². The number of unbranched alkanes of at least 4 members (excludes halogenated alkanes) is 2. The first-order valence-electron chi connectivity index (χ1n) is 25.5. The van der Waals surface area contributed by atoms with E-state index in [1.807, 2.05) is 48.5 Å². The highest BCUT2D eigenvalue weighted by molar-refractivity contribution is 7.17. The lowest BCUT2D eigenvalue weighted by atomic mass is 10.2. The molecule has 6 heterocycles. The molecular weight excluding hydrogens is 961 g/mol. The van der Waals surface area contributed by atoms with E-state index >= 15 is 0 Å². The SMILES string of the molecule is O=C(CCCC(=O)OCOc1ccc2ccc(OCCCCN3CCN(c4cccc5sccc45)CC3)cc2n1)OCOc1ccc2ccc(OCCCCN3CCN(c4cccc5sccc45)CC3)cc2n1. The molecule has 0 atom stereocenters. The Bertz CT molecular complexity index is 2890. The van der Waals surface area contributed by atoms with Crippen molar-refractivity contribution >= 4 is 88.0 Å². The number of esters is 2. The van der Waals surface area contributed by atoms with Crippen LogP contribution < -0.4 is 28.7 Å². The monoisotopic (exact) mass is 1020 g/mol. The van der Waals surface area contributed by atoms with Crippen molar-refractivity contribution in [2.45, 2.75) is 44.9 Å². The Morgan fingerprint density at radius 3 is 1.40 bits per heavy atom. The third-order valence-corrected chi connectivity index (χ3v) is 15.3. The molecule has 8 aromatic rings. The molecule has 14 nitrogen and oxygen atoms in total. The molecule has 380 valence electrons. The van der Waals surface area contributed by atoms with Gasteiger partial charge in [0.25, 0.3) is 0 Å². The van der Waals surface area contributed by atoms with Gasteiger partial charge in [-0.05, 0) is 129 Å². The molecule has 0 bridgehead atoms. The van der Waals surface area contributed by atoms with Gasteiger partial charge in [-0.2, -0.15) is 0 Å². The Balaban J connectivity index is 0.559. The average molecular weight is 1020 g/mol. The zero-order valence-corrected chi connectivity index (χ0v) is 42.8. The molecule has 2 saturated heterocycles. The van der Waals surface area contributed by atoms with Gasteiger partial charge in [0.1, 0.15) is 11.5 Å². The number of nitrogens with zero attached hydrogens (tertiary/aromatic N) is 6. The molecular formula is C57H62N6O8S2. The van der Waals surface area contributed by atoms with E-state index in [9.17, 15) is 9.59 Å². The van der Waals surface area contributed by atoms with E-state index in [0.717, 1.165) is 124 Å². The van der Waals surface area contributed by atoms with E-state index in [1.54, 1.807) is 34.8 Å². The van der Waals surface area contributed by atoms with Crippen LogP contribution in [-0.2, 0) is 19.1 Å². The van der Waals surface area contributed by atoms with Crippen LogP contribution in [0.1, 0.15) is 44.9 Å². The van der Waals surface area contributed by atoms with E-state index in [4.69, 9.17) is 28.4 Å². The summed E-state index contributed by atoms with van der Waals surface area (Å²) in [4.78, 5) is 44.1. The molecule has 16 heteroatoms. The first-order chi connectivity index (χ1) is 36.0. The Morgan fingerprint density at radius 1 is 0.479 bits per heavy atom. The van der Waals surface area contributed by atoms with Crippen LogP contribution in [-0.4, -0.2) is 124 Å². The lowest BCUT2D eigenvalue weighted by Gasteiger charge is -2.36. The summed E-state index contributed by atoms with van der Waals surface area (Å²) in [6, 6.07) is 36.6. The number of aromatic nitrogens is 2. The van der Waals surface area contributed by atoms with Gasteiger partial charge in [-0.3, -0.25) is 19.4 Å². The van der Waals surface area contributed by atoms with Crippen molar-refractivity contribution in [3.05, 3.63) is 120 Å². The lowest BCUT2D eigenvalue weighted by Crippen LogP contribution is -2.46. The molecule has 0 radical (unpaired) electrons. The second kappa shape index (κ2) is 24.8. The van der Waals surface area contributed by atoms with Crippen LogP contribution in [0.2, 0.25) is 0 Å². The number of benzene rings is 4. The van der Waals surface area contributed by atoms with Gasteiger partial charge in [-0.1, -0.05) is 12.1 Å². The van der Waals surface area contributed by atoms with Gasteiger partial charge in [0.15, 0.2) is 0 Å². The normalized spacial score (nSPS) is 14.5. The predicted octanol–water partition coefficient (Wildman–Crippen LogP) is 10.8. The molecule has 0 spiro atoms. The Morgan fingerprint density at radius 2 is 0.932 bits per heavy atom. The average Bonchev–Trinajstić information content (AvgIpc) is 4.12. The highest BCUT2D eigenvalue weighted by Crippen LogP contribution is 2.33. The van der Waals surface area contributed by atoms with Crippen LogP contribution in [0, 0.1) is 0 Å². The zero-order valence-electron chi connectivity index (χ0n) is 41.2. The number of carbonyl (C=O) groups excluding carboxylic acids is 2. The number of hydrogen-bond acceptors (Lipinski definition) is 16. The third kappa shape index (κ3) is 13.5. The summed E-state index contributed by atoms with van der Waals surface area (Å²) in [5.41, 5.74) is 4.14. The number of carbonyl (C=O) groups is 2. The maximum Gasteiger partial charge on any atom is 0.308 e. The Hall–Kier alpha value is -6.72. The van der Waals surface area contributed by atoms with Crippen molar-refractivity contribution in [3.63, 3.8) is 0 Å². The number of pyridine rings is 2. The summed E-state index contributed by atoms with van der Waals surface area (Å²) >= 11 is 3.60. The minimum atomic E-state index is -0.494. The second-order valence-electron chi connectivity index (χ2n) is 18.4. The molecule has 0 saturated carbocycles. The van der Waals surface area contributed by atoms with E-state index in [1.165, 1.54) is 31.5 Å². The number of piperazine rings is 2. The molecule has 0 amide bonds. The molecule has 73 heavy (non-hydrogen) atoms. The largest absolute Gasteiger partial charge is 0.494 e. The van der Waals surface area contributed by atoms with Crippen LogP contribution in [0.15, 0.2) is 120 Å². The summed E-state index contributed by atoms with van der Waals surface area (Å²) in [6.07, 6.45) is 4.36. The fourth-order valence-corrected chi connectivity index (χ4v) is 11.1. The number of fused-ring (bicyclic) bond motifs is 4. The van der Waals surface area contributed by atoms with Gasteiger partial charge in [0, 0.05) is 132 Å². The molecule has 0 unspecified atom stereocenters. The van der Waals surface area contributed by atoms with Crippen LogP contribution >= 0.6 is 22.7 Å². The van der Waals surface area contributed by atoms with Gasteiger partial charge in [-0.15, -0.1) is 22.7 Å². The topological polar surface area (TPSA) is 128 Å². The van der Waals surface area contributed by atoms with Crippen molar-refractivity contribution in [3.8, 4) is 23.3 Å². The molecule has 4 aromatic heterocycles. The Kier molecular flexibility index (Phi) is 16.9. The fourth-order valence-electron chi connectivity index (χ4n) is 9.52. The molecule has 4 aromatic carbocycles. The number of thiophene rings is 2. The van der Waals surface area contributed by atoms with Crippen molar-refractivity contribution in [1.82, 2.24) is 19.8 Å². The highest BCUT2D eigenvalue weighted by Gasteiger charge is 2.20. The quantitative estimate of drug-likeness (QED) is 0.0323. The molecule has 2 aliphatic heterocycles. The lowest BCUT2D eigenvalue weighted by molar-refractivity contribution is -0.152. The first kappa shape index (κ1) is 49.8. The minimum Gasteiger partial charge on any atom is -0.494 e. The fraction of sp³-hybridized carbons (Fsp3) is 0.368. The number of hydrogen-bond donors (Lipinski definition) is 0. The van der Waals surface area contributed by atoms with Crippen LogP contribution in [0.5, 0.6) is 23.3 Å².